The van der Waals surface area contributed by atoms with E-state index in [1.807, 2.05) is 12.3 Å². The molecular formula is C20H21N5O4. The number of aromatic carboxylic acids is 1. The molecule has 4 aliphatic carbocycles. The number of aliphatic hydroxyl groups is 1. The van der Waals surface area contributed by atoms with Gasteiger partial charge in [0.05, 0.1) is 16.9 Å². The van der Waals surface area contributed by atoms with E-state index in [0.717, 1.165) is 48.8 Å². The molecule has 0 amide bonds. The van der Waals surface area contributed by atoms with Gasteiger partial charge < -0.3 is 25.0 Å². The smallest absolute Gasteiger partial charge is 0.377 e. The standard InChI is InChI=1S/C20H21N5O4/c26-19(27)17-24-18(29-25-17)13-8-22-16-12(1-2-21-16)15(13)23-14-10-3-9-4-11(14)7-20(28,5-9)6-10/h1-2,8-11,14,28H,3-7H2,(H,26,27)(H2,21,22,23)/t9?,10-,11+,14+,20-. The molecule has 0 spiro atoms. The van der Waals surface area contributed by atoms with Gasteiger partial charge in [-0.15, -0.1) is 0 Å². The van der Waals surface area contributed by atoms with Crippen LogP contribution in [0.5, 0.6) is 0 Å². The summed E-state index contributed by atoms with van der Waals surface area (Å²) in [6.45, 7) is 0. The third kappa shape index (κ3) is 2.57. The molecule has 0 aromatic carbocycles. The maximum atomic E-state index is 11.2. The number of H-pyrrole nitrogens is 1. The average molecular weight is 395 g/mol. The van der Waals surface area contributed by atoms with Gasteiger partial charge in [-0.2, -0.15) is 4.98 Å². The molecule has 4 saturated carbocycles. The molecular weight excluding hydrogens is 374 g/mol. The van der Waals surface area contributed by atoms with Crippen LogP contribution in [0.15, 0.2) is 23.0 Å². The van der Waals surface area contributed by atoms with Crippen LogP contribution in [0.1, 0.15) is 42.7 Å². The molecule has 29 heavy (non-hydrogen) atoms. The van der Waals surface area contributed by atoms with Crippen molar-refractivity contribution in [1.29, 1.82) is 0 Å². The van der Waals surface area contributed by atoms with Gasteiger partial charge in [-0.05, 0) is 61.1 Å². The fraction of sp³-hybridized carbons (Fsp3) is 0.500. The second kappa shape index (κ2) is 5.79. The van der Waals surface area contributed by atoms with Crippen LogP contribution in [0.4, 0.5) is 5.69 Å². The predicted molar refractivity (Wildman–Crippen MR) is 102 cm³/mol. The van der Waals surface area contributed by atoms with E-state index < -0.39 is 11.6 Å². The molecule has 1 unspecified atom stereocenters. The lowest BCUT2D eigenvalue weighted by molar-refractivity contribution is -0.129. The average Bonchev–Trinajstić information content (AvgIpc) is 3.32. The summed E-state index contributed by atoms with van der Waals surface area (Å²) in [4.78, 5) is 22.7. The summed E-state index contributed by atoms with van der Waals surface area (Å²) >= 11 is 0. The van der Waals surface area contributed by atoms with Gasteiger partial charge in [0, 0.05) is 23.8 Å². The lowest BCUT2D eigenvalue weighted by Crippen LogP contribution is -2.59. The van der Waals surface area contributed by atoms with Gasteiger partial charge in [-0.25, -0.2) is 9.78 Å². The second-order valence-corrected chi connectivity index (χ2v) is 8.88. The van der Waals surface area contributed by atoms with Crippen molar-refractivity contribution in [2.24, 2.45) is 17.8 Å². The molecule has 9 nitrogen and oxygen atoms in total. The topological polar surface area (TPSA) is 137 Å². The lowest BCUT2D eigenvalue weighted by atomic mass is 9.52. The van der Waals surface area contributed by atoms with E-state index in [1.54, 1.807) is 6.20 Å². The highest BCUT2D eigenvalue weighted by Crippen LogP contribution is 2.56. The Balaban J connectivity index is 1.42. The van der Waals surface area contributed by atoms with Crippen molar-refractivity contribution in [1.82, 2.24) is 20.1 Å². The van der Waals surface area contributed by atoms with Crippen molar-refractivity contribution in [3.63, 3.8) is 0 Å². The van der Waals surface area contributed by atoms with Gasteiger partial charge in [0.1, 0.15) is 5.65 Å². The molecule has 0 saturated heterocycles. The first-order chi connectivity index (χ1) is 14.0. The molecule has 0 radical (unpaired) electrons. The minimum Gasteiger partial charge on any atom is -0.475 e. The van der Waals surface area contributed by atoms with E-state index in [0.29, 0.717) is 23.3 Å². The van der Waals surface area contributed by atoms with Crippen LogP contribution >= 0.6 is 0 Å². The summed E-state index contributed by atoms with van der Waals surface area (Å²) < 4.78 is 5.23. The predicted octanol–water partition coefficient (Wildman–Crippen LogP) is 2.66. The highest BCUT2D eigenvalue weighted by Gasteiger charge is 2.54. The molecule has 4 fully saturated rings. The number of fused-ring (bicyclic) bond motifs is 1. The maximum absolute atomic E-state index is 11.2. The molecule has 3 heterocycles. The van der Waals surface area contributed by atoms with Crippen LogP contribution in [0, 0.1) is 17.8 Å². The van der Waals surface area contributed by atoms with Crippen LogP contribution in [-0.4, -0.2) is 47.9 Å². The number of nitrogens with one attached hydrogen (secondary N) is 2. The van der Waals surface area contributed by atoms with Crippen molar-refractivity contribution in [2.75, 3.05) is 5.32 Å². The SMILES string of the molecule is O=C(O)c1noc(-c2cnc3[nH]ccc3c2N[C@H]2[C@@H]3CC4C[C@H]2C[C@@](O)(C4)C3)n1. The first-order valence-corrected chi connectivity index (χ1v) is 10.0. The number of rotatable bonds is 4. The number of carboxylic acid groups (broad SMARTS) is 1. The van der Waals surface area contributed by atoms with Gasteiger partial charge in [-0.3, -0.25) is 0 Å². The lowest BCUT2D eigenvalue weighted by Gasteiger charge is -2.58. The summed E-state index contributed by atoms with van der Waals surface area (Å²) in [5.74, 6) is -0.0368. The Morgan fingerprint density at radius 3 is 2.76 bits per heavy atom. The number of nitrogens with zero attached hydrogens (tertiary/aromatic N) is 3. The molecule has 150 valence electrons. The van der Waals surface area contributed by atoms with Crippen LogP contribution in [0.2, 0.25) is 0 Å². The molecule has 3 aromatic heterocycles. The van der Waals surface area contributed by atoms with Gasteiger partial charge >= 0.3 is 5.97 Å². The Labute approximate surface area is 165 Å². The van der Waals surface area contributed by atoms with Gasteiger partial charge in [0.15, 0.2) is 0 Å². The zero-order valence-electron chi connectivity index (χ0n) is 15.6. The van der Waals surface area contributed by atoms with Crippen LogP contribution < -0.4 is 5.32 Å². The number of hydrogen-bond acceptors (Lipinski definition) is 7. The Kier molecular flexibility index (Phi) is 3.39. The van der Waals surface area contributed by atoms with E-state index in [1.165, 1.54) is 0 Å². The van der Waals surface area contributed by atoms with Crippen LogP contribution in [0.3, 0.4) is 0 Å². The van der Waals surface area contributed by atoms with Crippen LogP contribution in [0.25, 0.3) is 22.5 Å². The number of aromatic nitrogens is 4. The number of carbonyl (C=O) groups is 1. The highest BCUT2D eigenvalue weighted by atomic mass is 16.5. The molecule has 0 aliphatic heterocycles. The van der Waals surface area contributed by atoms with Crippen molar-refractivity contribution in [3.8, 4) is 11.5 Å². The monoisotopic (exact) mass is 395 g/mol. The zero-order valence-corrected chi connectivity index (χ0v) is 15.6. The fourth-order valence-electron chi connectivity index (χ4n) is 6.13. The fourth-order valence-corrected chi connectivity index (χ4v) is 6.13. The molecule has 7 rings (SSSR count). The van der Waals surface area contributed by atoms with Crippen molar-refractivity contribution < 1.29 is 19.5 Å². The minimum absolute atomic E-state index is 0.128. The number of anilines is 1. The Bertz CT molecular complexity index is 1110. The number of hydrogen-bond donors (Lipinski definition) is 4. The van der Waals surface area contributed by atoms with Crippen molar-refractivity contribution >= 4 is 22.7 Å². The first kappa shape index (κ1) is 17.0. The van der Waals surface area contributed by atoms with Gasteiger partial charge in [0.25, 0.3) is 11.7 Å². The summed E-state index contributed by atoms with van der Waals surface area (Å²) in [7, 11) is 0. The van der Waals surface area contributed by atoms with Gasteiger partial charge in [-0.1, -0.05) is 0 Å². The number of aromatic amines is 1. The summed E-state index contributed by atoms with van der Waals surface area (Å²) in [6.07, 6.45) is 8.33. The molecule has 5 atom stereocenters. The summed E-state index contributed by atoms with van der Waals surface area (Å²) in [6, 6.07) is 2.18. The Morgan fingerprint density at radius 1 is 1.28 bits per heavy atom. The summed E-state index contributed by atoms with van der Waals surface area (Å²) in [5.41, 5.74) is 1.64. The van der Waals surface area contributed by atoms with E-state index >= 15 is 0 Å². The van der Waals surface area contributed by atoms with Gasteiger partial charge in [0.2, 0.25) is 0 Å². The maximum Gasteiger partial charge on any atom is 0.377 e. The number of carboxylic acids is 1. The van der Waals surface area contributed by atoms with E-state index in [4.69, 9.17) is 9.63 Å². The second-order valence-electron chi connectivity index (χ2n) is 8.88. The molecule has 3 aromatic rings. The largest absolute Gasteiger partial charge is 0.475 e. The molecule has 9 heteroatoms. The third-order valence-electron chi connectivity index (χ3n) is 6.99. The number of pyridine rings is 1. The van der Waals surface area contributed by atoms with E-state index in [9.17, 15) is 9.90 Å². The molecule has 4 aliphatic rings. The third-order valence-corrected chi connectivity index (χ3v) is 6.99. The van der Waals surface area contributed by atoms with E-state index in [-0.39, 0.29) is 17.8 Å². The highest BCUT2D eigenvalue weighted by molar-refractivity contribution is 5.97. The first-order valence-electron chi connectivity index (χ1n) is 10.0. The van der Waals surface area contributed by atoms with Crippen molar-refractivity contribution in [3.05, 3.63) is 24.3 Å². The normalized spacial score (nSPS) is 32.7. The minimum atomic E-state index is -1.24. The molecule has 4 N–H and O–H groups in total. The Hall–Kier alpha value is -2.94. The summed E-state index contributed by atoms with van der Waals surface area (Å²) in [5, 5.41) is 28.2. The Morgan fingerprint density at radius 2 is 2.07 bits per heavy atom. The van der Waals surface area contributed by atoms with Crippen LogP contribution in [-0.2, 0) is 0 Å². The van der Waals surface area contributed by atoms with Crippen molar-refractivity contribution in [2.45, 2.75) is 43.7 Å². The zero-order chi connectivity index (χ0) is 19.8. The quantitative estimate of drug-likeness (QED) is 0.529. The van der Waals surface area contributed by atoms with E-state index in [2.05, 4.69) is 25.4 Å². The molecule has 4 bridgehead atoms.